The summed E-state index contributed by atoms with van der Waals surface area (Å²) in [5.41, 5.74) is 0. The third-order valence-electron chi connectivity index (χ3n) is 1.55. The van der Waals surface area contributed by atoms with Gasteiger partial charge in [-0.2, -0.15) is 0 Å². The van der Waals surface area contributed by atoms with Crippen LogP contribution in [0.25, 0.3) is 0 Å². The summed E-state index contributed by atoms with van der Waals surface area (Å²) in [6, 6.07) is 0. The molecule has 0 aliphatic carbocycles. The summed E-state index contributed by atoms with van der Waals surface area (Å²) in [4.78, 5) is 26.1. The van der Waals surface area contributed by atoms with Gasteiger partial charge in [-0.05, 0) is 6.92 Å². The minimum atomic E-state index is -0.521. The van der Waals surface area contributed by atoms with Gasteiger partial charge in [0, 0.05) is 23.7 Å². The van der Waals surface area contributed by atoms with Crippen LogP contribution in [0, 0.1) is 0 Å². The van der Waals surface area contributed by atoms with Gasteiger partial charge in [-0.3, -0.25) is 4.79 Å². The molecule has 1 rings (SSSR count). The summed E-state index contributed by atoms with van der Waals surface area (Å²) >= 11 is 1.46. The molecule has 6 heteroatoms. The zero-order valence-electron chi connectivity index (χ0n) is 8.80. The first-order valence-electron chi connectivity index (χ1n) is 4.73. The molecule has 0 aliphatic heterocycles. The van der Waals surface area contributed by atoms with Crippen LogP contribution in [0.2, 0.25) is 0 Å². The largest absolute Gasteiger partial charge is 0.463 e. The topological polar surface area (TPSA) is 68.3 Å². The van der Waals surface area contributed by atoms with E-state index >= 15 is 0 Å². The average Bonchev–Trinajstić information content (AvgIpc) is 2.77. The van der Waals surface area contributed by atoms with Crippen LogP contribution in [0.15, 0.2) is 23.7 Å². The van der Waals surface area contributed by atoms with Gasteiger partial charge < -0.3 is 10.1 Å². The third-order valence-corrected chi connectivity index (χ3v) is 2.33. The third kappa shape index (κ3) is 4.70. The molecule has 1 amide bonds. The van der Waals surface area contributed by atoms with Crippen LogP contribution in [-0.2, 0) is 20.9 Å². The molecule has 0 atom stereocenters. The van der Waals surface area contributed by atoms with Gasteiger partial charge in [-0.15, -0.1) is 11.3 Å². The summed E-state index contributed by atoms with van der Waals surface area (Å²) in [5, 5.41) is 5.24. The minimum Gasteiger partial charge on any atom is -0.463 e. The van der Waals surface area contributed by atoms with E-state index in [2.05, 4.69) is 15.0 Å². The summed E-state index contributed by atoms with van der Waals surface area (Å²) < 4.78 is 4.63. The van der Waals surface area contributed by atoms with E-state index in [1.165, 1.54) is 11.3 Å². The van der Waals surface area contributed by atoms with Gasteiger partial charge in [0.05, 0.1) is 13.2 Å². The summed E-state index contributed by atoms with van der Waals surface area (Å²) in [6.45, 7) is 2.36. The Balaban J connectivity index is 2.28. The fourth-order valence-corrected chi connectivity index (χ4v) is 1.45. The number of carbonyl (C=O) groups excluding carboxylic acids is 2. The van der Waals surface area contributed by atoms with Crippen molar-refractivity contribution in [3.8, 4) is 0 Å². The van der Waals surface area contributed by atoms with Crippen LogP contribution in [-0.4, -0.2) is 23.5 Å². The number of nitrogens with zero attached hydrogens (tertiary/aromatic N) is 1. The summed E-state index contributed by atoms with van der Waals surface area (Å²) in [5.74, 6) is -0.866. The monoisotopic (exact) mass is 240 g/mol. The maximum atomic E-state index is 11.2. The summed E-state index contributed by atoms with van der Waals surface area (Å²) in [6.07, 6.45) is 3.91. The minimum absolute atomic E-state index is 0.296. The van der Waals surface area contributed by atoms with Crippen molar-refractivity contribution in [3.63, 3.8) is 0 Å². The van der Waals surface area contributed by atoms with Crippen LogP contribution in [0.3, 0.4) is 0 Å². The van der Waals surface area contributed by atoms with Gasteiger partial charge in [0.2, 0.25) is 5.91 Å². The summed E-state index contributed by atoms with van der Waals surface area (Å²) in [7, 11) is 0. The van der Waals surface area contributed by atoms with Crippen molar-refractivity contribution in [2.45, 2.75) is 13.5 Å². The Morgan fingerprint density at radius 2 is 2.38 bits per heavy atom. The highest BCUT2D eigenvalue weighted by molar-refractivity contribution is 7.09. The van der Waals surface area contributed by atoms with Gasteiger partial charge in [0.25, 0.3) is 0 Å². The van der Waals surface area contributed by atoms with Crippen molar-refractivity contribution < 1.29 is 14.3 Å². The van der Waals surface area contributed by atoms with Crippen LogP contribution in [0.4, 0.5) is 0 Å². The van der Waals surface area contributed by atoms with Crippen molar-refractivity contribution in [2.75, 3.05) is 6.61 Å². The van der Waals surface area contributed by atoms with Gasteiger partial charge in [0.1, 0.15) is 5.01 Å². The highest BCUT2D eigenvalue weighted by Crippen LogP contribution is 2.02. The molecule has 0 bridgehead atoms. The lowest BCUT2D eigenvalue weighted by Crippen LogP contribution is -2.20. The SMILES string of the molecule is CCOC(=O)/C=C/C(=O)NCc1nccs1. The normalized spacial score (nSPS) is 10.3. The molecule has 1 heterocycles. The highest BCUT2D eigenvalue weighted by Gasteiger charge is 2.00. The first-order chi connectivity index (χ1) is 7.72. The van der Waals surface area contributed by atoms with E-state index in [4.69, 9.17) is 0 Å². The number of amides is 1. The molecule has 0 aromatic carbocycles. The fraction of sp³-hybridized carbons (Fsp3) is 0.300. The first-order valence-corrected chi connectivity index (χ1v) is 5.61. The molecule has 1 aromatic heterocycles. The Morgan fingerprint density at radius 3 is 3.00 bits per heavy atom. The molecule has 1 aromatic rings. The number of rotatable bonds is 5. The number of nitrogens with one attached hydrogen (secondary N) is 1. The predicted molar refractivity (Wildman–Crippen MR) is 59.7 cm³/mol. The first kappa shape index (κ1) is 12.4. The Kier molecular flexibility index (Phi) is 5.21. The molecule has 0 fully saturated rings. The lowest BCUT2D eigenvalue weighted by molar-refractivity contribution is -0.137. The molecule has 86 valence electrons. The molecule has 0 unspecified atom stereocenters. The molecule has 0 saturated heterocycles. The van der Waals surface area contributed by atoms with E-state index in [0.717, 1.165) is 17.2 Å². The highest BCUT2D eigenvalue weighted by atomic mass is 32.1. The van der Waals surface area contributed by atoms with E-state index < -0.39 is 5.97 Å². The van der Waals surface area contributed by atoms with Crippen LogP contribution < -0.4 is 5.32 Å². The van der Waals surface area contributed by atoms with E-state index in [-0.39, 0.29) is 5.91 Å². The molecular weight excluding hydrogens is 228 g/mol. The van der Waals surface area contributed by atoms with Gasteiger partial charge in [-0.25, -0.2) is 9.78 Å². The number of esters is 1. The Morgan fingerprint density at radius 1 is 1.56 bits per heavy atom. The molecule has 0 saturated carbocycles. The Bertz CT molecular complexity index is 373. The predicted octanol–water partition coefficient (Wildman–Crippen LogP) is 0.879. The number of aromatic nitrogens is 1. The molecular formula is C10H12N2O3S. The Labute approximate surface area is 97.1 Å². The molecule has 0 radical (unpaired) electrons. The van der Waals surface area contributed by atoms with Crippen molar-refractivity contribution >= 4 is 23.2 Å². The van der Waals surface area contributed by atoms with Crippen molar-refractivity contribution in [1.29, 1.82) is 0 Å². The maximum absolute atomic E-state index is 11.2. The van der Waals surface area contributed by atoms with Crippen molar-refractivity contribution in [3.05, 3.63) is 28.7 Å². The average molecular weight is 240 g/mol. The zero-order valence-corrected chi connectivity index (χ0v) is 9.62. The number of hydrogen-bond acceptors (Lipinski definition) is 5. The van der Waals surface area contributed by atoms with Crippen molar-refractivity contribution in [2.24, 2.45) is 0 Å². The maximum Gasteiger partial charge on any atom is 0.330 e. The number of carbonyl (C=O) groups is 2. The molecule has 0 spiro atoms. The smallest absolute Gasteiger partial charge is 0.330 e. The molecule has 16 heavy (non-hydrogen) atoms. The number of hydrogen-bond donors (Lipinski definition) is 1. The lowest BCUT2D eigenvalue weighted by atomic mass is 10.4. The fourth-order valence-electron chi connectivity index (χ4n) is 0.896. The standard InChI is InChI=1S/C10H12N2O3S/c1-2-15-10(14)4-3-8(13)12-7-9-11-5-6-16-9/h3-6H,2,7H2,1H3,(H,12,13)/b4-3+. The number of thiazole rings is 1. The van der Waals surface area contributed by atoms with Crippen LogP contribution in [0.5, 0.6) is 0 Å². The van der Waals surface area contributed by atoms with Crippen LogP contribution >= 0.6 is 11.3 Å². The zero-order chi connectivity index (χ0) is 11.8. The molecule has 0 aliphatic rings. The Hall–Kier alpha value is -1.69. The van der Waals surface area contributed by atoms with E-state index in [0.29, 0.717) is 13.2 Å². The molecule has 1 N–H and O–H groups in total. The van der Waals surface area contributed by atoms with E-state index in [9.17, 15) is 9.59 Å². The van der Waals surface area contributed by atoms with Crippen LogP contribution in [0.1, 0.15) is 11.9 Å². The second kappa shape index (κ2) is 6.73. The second-order valence-corrected chi connectivity index (χ2v) is 3.71. The van der Waals surface area contributed by atoms with E-state index in [1.807, 2.05) is 5.38 Å². The van der Waals surface area contributed by atoms with Gasteiger partial charge in [0.15, 0.2) is 0 Å². The molecule has 5 nitrogen and oxygen atoms in total. The second-order valence-electron chi connectivity index (χ2n) is 2.73. The lowest BCUT2D eigenvalue weighted by Gasteiger charge is -1.98. The van der Waals surface area contributed by atoms with Gasteiger partial charge >= 0.3 is 5.97 Å². The van der Waals surface area contributed by atoms with Gasteiger partial charge in [-0.1, -0.05) is 0 Å². The quantitative estimate of drug-likeness (QED) is 0.612. The van der Waals surface area contributed by atoms with Crippen molar-refractivity contribution in [1.82, 2.24) is 10.3 Å². The van der Waals surface area contributed by atoms with E-state index in [1.54, 1.807) is 13.1 Å². The number of ether oxygens (including phenoxy) is 1.